The maximum atomic E-state index is 13.2. The van der Waals surface area contributed by atoms with Gasteiger partial charge in [-0.1, -0.05) is 30.3 Å². The Kier molecular flexibility index (Phi) is 4.80. The number of nitrogens with one attached hydrogen (secondary N) is 1. The van der Waals surface area contributed by atoms with E-state index in [4.69, 9.17) is 4.98 Å². The van der Waals surface area contributed by atoms with E-state index in [2.05, 4.69) is 16.5 Å². The number of amides is 1. The Morgan fingerprint density at radius 3 is 2.69 bits per heavy atom. The first-order valence-corrected chi connectivity index (χ1v) is 9.35. The first-order chi connectivity index (χ1) is 14.1. The van der Waals surface area contributed by atoms with Crippen molar-refractivity contribution in [3.05, 3.63) is 77.6 Å². The number of benzene rings is 2. The van der Waals surface area contributed by atoms with Crippen LogP contribution < -0.4 is 5.32 Å². The van der Waals surface area contributed by atoms with Crippen molar-refractivity contribution >= 4 is 22.5 Å². The largest absolute Gasteiger partial charge is 0.321 e. The van der Waals surface area contributed by atoms with E-state index in [1.54, 1.807) is 30.3 Å². The van der Waals surface area contributed by atoms with Crippen LogP contribution in [0.4, 0.5) is 5.69 Å². The summed E-state index contributed by atoms with van der Waals surface area (Å²) < 4.78 is 1.85. The Bertz CT molecular complexity index is 1270. The van der Waals surface area contributed by atoms with Crippen LogP contribution in [0.3, 0.4) is 0 Å². The Balaban J connectivity index is 1.83. The van der Waals surface area contributed by atoms with Crippen LogP contribution in [0.25, 0.3) is 22.2 Å². The van der Waals surface area contributed by atoms with Gasteiger partial charge in [-0.05, 0) is 38.1 Å². The summed E-state index contributed by atoms with van der Waals surface area (Å²) in [5.41, 5.74) is 4.57. The fourth-order valence-corrected chi connectivity index (χ4v) is 3.31. The summed E-state index contributed by atoms with van der Waals surface area (Å²) in [5.74, 6) is -0.284. The van der Waals surface area contributed by atoms with Gasteiger partial charge in [-0.25, -0.2) is 4.98 Å². The quantitative estimate of drug-likeness (QED) is 0.562. The third kappa shape index (κ3) is 3.46. The van der Waals surface area contributed by atoms with E-state index < -0.39 is 0 Å². The van der Waals surface area contributed by atoms with Crippen LogP contribution in [-0.4, -0.2) is 20.7 Å². The fraction of sp³-hybridized carbons (Fsp3) is 0.130. The average molecular weight is 381 g/mol. The highest BCUT2D eigenvalue weighted by atomic mass is 16.1. The lowest BCUT2D eigenvalue weighted by molar-refractivity contribution is 0.102. The number of para-hydroxylation sites is 2. The highest BCUT2D eigenvalue weighted by Crippen LogP contribution is 2.27. The number of hydrogen-bond acceptors (Lipinski definition) is 4. The molecule has 2 heterocycles. The zero-order valence-corrected chi connectivity index (χ0v) is 16.2. The highest BCUT2D eigenvalue weighted by molar-refractivity contribution is 6.13. The molecule has 0 aliphatic heterocycles. The summed E-state index contributed by atoms with van der Waals surface area (Å²) in [6.45, 7) is 4.71. The molecule has 6 heteroatoms. The van der Waals surface area contributed by atoms with Gasteiger partial charge in [-0.2, -0.15) is 10.4 Å². The number of carbonyl (C=O) groups is 1. The molecule has 4 aromatic rings. The van der Waals surface area contributed by atoms with Crippen LogP contribution in [0.1, 0.15) is 28.5 Å². The van der Waals surface area contributed by atoms with E-state index in [0.29, 0.717) is 22.5 Å². The van der Waals surface area contributed by atoms with Gasteiger partial charge < -0.3 is 5.32 Å². The summed E-state index contributed by atoms with van der Waals surface area (Å²) in [6.07, 6.45) is 1.94. The zero-order valence-electron chi connectivity index (χ0n) is 16.2. The molecule has 1 amide bonds. The summed E-state index contributed by atoms with van der Waals surface area (Å²) in [6, 6.07) is 18.4. The van der Waals surface area contributed by atoms with Crippen molar-refractivity contribution in [3.8, 4) is 17.3 Å². The van der Waals surface area contributed by atoms with Crippen LogP contribution in [0, 0.1) is 18.3 Å². The third-order valence-electron chi connectivity index (χ3n) is 4.80. The predicted octanol–water partition coefficient (Wildman–Crippen LogP) is 4.55. The Morgan fingerprint density at radius 2 is 1.93 bits per heavy atom. The zero-order chi connectivity index (χ0) is 20.4. The third-order valence-corrected chi connectivity index (χ3v) is 4.80. The summed E-state index contributed by atoms with van der Waals surface area (Å²) in [5, 5.41) is 17.4. The first kappa shape index (κ1) is 18.4. The number of hydrogen-bond donors (Lipinski definition) is 1. The van der Waals surface area contributed by atoms with Crippen molar-refractivity contribution < 1.29 is 4.79 Å². The number of carbonyl (C=O) groups excluding carboxylic acids is 1. The molecule has 0 spiro atoms. The Hall–Kier alpha value is -3.98. The van der Waals surface area contributed by atoms with Gasteiger partial charge >= 0.3 is 0 Å². The second kappa shape index (κ2) is 7.56. The molecule has 0 bridgehead atoms. The number of pyridine rings is 1. The molecule has 2 aromatic carbocycles. The second-order valence-electron chi connectivity index (χ2n) is 6.67. The minimum absolute atomic E-state index is 0.284. The van der Waals surface area contributed by atoms with Crippen LogP contribution >= 0.6 is 0 Å². The molecule has 1 N–H and O–H groups in total. The van der Waals surface area contributed by atoms with E-state index in [1.807, 2.05) is 49.0 Å². The molecule has 0 radical (unpaired) electrons. The van der Waals surface area contributed by atoms with E-state index in [-0.39, 0.29) is 5.91 Å². The van der Waals surface area contributed by atoms with Gasteiger partial charge in [0.25, 0.3) is 5.91 Å². The Labute approximate surface area is 168 Å². The minimum Gasteiger partial charge on any atom is -0.321 e. The highest BCUT2D eigenvalue weighted by Gasteiger charge is 2.17. The van der Waals surface area contributed by atoms with Gasteiger partial charge in [0.15, 0.2) is 0 Å². The molecule has 0 unspecified atom stereocenters. The average Bonchev–Trinajstić information content (AvgIpc) is 3.14. The van der Waals surface area contributed by atoms with Gasteiger partial charge in [0.2, 0.25) is 0 Å². The van der Waals surface area contributed by atoms with Crippen molar-refractivity contribution in [3.63, 3.8) is 0 Å². The predicted molar refractivity (Wildman–Crippen MR) is 112 cm³/mol. The van der Waals surface area contributed by atoms with Gasteiger partial charge in [-0.15, -0.1) is 0 Å². The topological polar surface area (TPSA) is 83.6 Å². The number of rotatable bonds is 4. The first-order valence-electron chi connectivity index (χ1n) is 9.35. The van der Waals surface area contributed by atoms with E-state index >= 15 is 0 Å². The summed E-state index contributed by atoms with van der Waals surface area (Å²) in [7, 11) is 0. The van der Waals surface area contributed by atoms with Crippen molar-refractivity contribution in [1.82, 2.24) is 14.8 Å². The molecular formula is C23H19N5O. The lowest BCUT2D eigenvalue weighted by Gasteiger charge is -2.11. The second-order valence-corrected chi connectivity index (χ2v) is 6.67. The van der Waals surface area contributed by atoms with Gasteiger partial charge in [0.1, 0.15) is 6.07 Å². The molecule has 2 aromatic heterocycles. The minimum atomic E-state index is -0.284. The van der Waals surface area contributed by atoms with E-state index in [0.717, 1.165) is 28.7 Å². The van der Waals surface area contributed by atoms with Gasteiger partial charge in [0, 0.05) is 23.7 Å². The summed E-state index contributed by atoms with van der Waals surface area (Å²) >= 11 is 0. The summed E-state index contributed by atoms with van der Waals surface area (Å²) in [4.78, 5) is 17.9. The number of fused-ring (bicyclic) bond motifs is 1. The number of aromatic nitrogens is 3. The van der Waals surface area contributed by atoms with Crippen molar-refractivity contribution in [1.29, 1.82) is 5.26 Å². The maximum absolute atomic E-state index is 13.2. The molecule has 142 valence electrons. The van der Waals surface area contributed by atoms with Crippen molar-refractivity contribution in [2.75, 3.05) is 5.32 Å². The molecule has 4 rings (SSSR count). The van der Waals surface area contributed by atoms with Crippen LogP contribution in [-0.2, 0) is 6.54 Å². The lowest BCUT2D eigenvalue weighted by atomic mass is 10.0. The van der Waals surface area contributed by atoms with Crippen LogP contribution in [0.5, 0.6) is 0 Å². The fourth-order valence-electron chi connectivity index (χ4n) is 3.31. The van der Waals surface area contributed by atoms with Crippen molar-refractivity contribution in [2.45, 2.75) is 20.4 Å². The molecule has 0 aliphatic carbocycles. The molecular weight excluding hydrogens is 362 g/mol. The van der Waals surface area contributed by atoms with E-state index in [1.165, 1.54) is 0 Å². The number of anilines is 1. The monoisotopic (exact) mass is 381 g/mol. The number of aryl methyl sites for hydroxylation is 2. The number of nitrogens with zero attached hydrogens (tertiary/aromatic N) is 4. The maximum Gasteiger partial charge on any atom is 0.256 e. The molecule has 29 heavy (non-hydrogen) atoms. The van der Waals surface area contributed by atoms with Crippen LogP contribution in [0.15, 0.2) is 60.8 Å². The smallest absolute Gasteiger partial charge is 0.256 e. The van der Waals surface area contributed by atoms with Crippen LogP contribution in [0.2, 0.25) is 0 Å². The SMILES string of the molecule is CCn1cc(-c2cc(C(=O)Nc3ccccc3C#N)c3ccccc3n2)c(C)n1. The molecule has 0 atom stereocenters. The molecule has 0 saturated heterocycles. The molecule has 0 aliphatic rings. The normalized spacial score (nSPS) is 10.7. The number of nitriles is 1. The van der Waals surface area contributed by atoms with E-state index in [9.17, 15) is 10.1 Å². The lowest BCUT2D eigenvalue weighted by Crippen LogP contribution is -2.14. The molecule has 0 fully saturated rings. The van der Waals surface area contributed by atoms with Gasteiger partial charge in [0.05, 0.1) is 33.7 Å². The molecule has 6 nitrogen and oxygen atoms in total. The van der Waals surface area contributed by atoms with Crippen molar-refractivity contribution in [2.24, 2.45) is 0 Å². The standard InChI is InChI=1S/C23H19N5O/c1-3-28-14-19(15(2)27-28)22-12-18(17-9-5-7-11-21(17)25-22)23(29)26-20-10-6-4-8-16(20)13-24/h4-12,14H,3H2,1-2H3,(H,26,29). The molecule has 0 saturated carbocycles. The Morgan fingerprint density at radius 1 is 1.17 bits per heavy atom. The van der Waals surface area contributed by atoms with Gasteiger partial charge in [-0.3, -0.25) is 9.48 Å².